The van der Waals surface area contributed by atoms with Crippen molar-refractivity contribution in [2.24, 2.45) is 4.99 Å². The number of benzene rings is 1. The molecule has 0 N–H and O–H groups in total. The molecule has 1 heterocycles. The van der Waals surface area contributed by atoms with E-state index in [0.717, 1.165) is 12.0 Å². The van der Waals surface area contributed by atoms with Crippen LogP contribution in [0.25, 0.3) is 6.08 Å². The van der Waals surface area contributed by atoms with E-state index in [-0.39, 0.29) is 11.7 Å². The van der Waals surface area contributed by atoms with Crippen LogP contribution in [0.5, 0.6) is 0 Å². The van der Waals surface area contributed by atoms with Crippen molar-refractivity contribution < 1.29 is 19.1 Å². The number of cyclic esters (lactones) is 1. The van der Waals surface area contributed by atoms with Gasteiger partial charge in [-0.05, 0) is 30.2 Å². The molecule has 2 rings (SSSR count). The smallest absolute Gasteiger partial charge is 0.363 e. The van der Waals surface area contributed by atoms with Gasteiger partial charge in [0, 0.05) is 6.92 Å². The molecule has 1 aromatic rings. The average Bonchev–Trinajstić information content (AvgIpc) is 2.75. The van der Waals surface area contributed by atoms with E-state index >= 15 is 0 Å². The lowest BCUT2D eigenvalue weighted by Gasteiger charge is -2.03. The predicted octanol–water partition coefficient (Wildman–Crippen LogP) is 2.57. The maximum atomic E-state index is 11.6. The first kappa shape index (κ1) is 14.0. The average molecular weight is 273 g/mol. The van der Waals surface area contributed by atoms with Gasteiger partial charge in [0.25, 0.3) is 0 Å². The first-order valence-electron chi connectivity index (χ1n) is 6.36. The van der Waals surface area contributed by atoms with Gasteiger partial charge in [-0.25, -0.2) is 14.6 Å². The van der Waals surface area contributed by atoms with E-state index < -0.39 is 5.97 Å². The molecule has 0 amide bonds. The van der Waals surface area contributed by atoms with Gasteiger partial charge < -0.3 is 9.47 Å². The molecule has 0 aromatic heterocycles. The van der Waals surface area contributed by atoms with Crippen LogP contribution in [0.15, 0.2) is 35.0 Å². The lowest BCUT2D eigenvalue weighted by Crippen LogP contribution is -2.05. The van der Waals surface area contributed by atoms with Gasteiger partial charge in [0.15, 0.2) is 11.6 Å². The van der Waals surface area contributed by atoms with E-state index in [1.165, 1.54) is 0 Å². The second-order valence-electron chi connectivity index (χ2n) is 4.31. The van der Waals surface area contributed by atoms with Gasteiger partial charge in [-0.3, -0.25) is 0 Å². The number of ether oxygens (including phenoxy) is 2. The molecule has 104 valence electrons. The third kappa shape index (κ3) is 3.32. The fourth-order valence-corrected chi connectivity index (χ4v) is 1.67. The van der Waals surface area contributed by atoms with E-state index in [0.29, 0.717) is 18.1 Å². The zero-order chi connectivity index (χ0) is 14.5. The van der Waals surface area contributed by atoms with Crippen molar-refractivity contribution in [2.75, 3.05) is 6.61 Å². The highest BCUT2D eigenvalue weighted by Gasteiger charge is 2.19. The van der Waals surface area contributed by atoms with Gasteiger partial charge in [-0.2, -0.15) is 0 Å². The standard InChI is InChI=1S/C15H15NO4/c1-3-8-19-14(17)12-6-4-11(5-7-12)9-13-15(18)20-10(2)16-13/h4-7,9H,3,8H2,1-2H3/b13-9-. The minimum atomic E-state index is -0.464. The van der Waals surface area contributed by atoms with Crippen LogP contribution in [0.4, 0.5) is 0 Å². The monoisotopic (exact) mass is 273 g/mol. The molecule has 0 atom stereocenters. The van der Waals surface area contributed by atoms with Crippen molar-refractivity contribution >= 4 is 23.9 Å². The van der Waals surface area contributed by atoms with Crippen LogP contribution in [0, 0.1) is 0 Å². The minimum Gasteiger partial charge on any atom is -0.462 e. The number of hydrogen-bond acceptors (Lipinski definition) is 5. The third-order valence-electron chi connectivity index (χ3n) is 2.61. The second kappa shape index (κ2) is 6.14. The Kier molecular flexibility index (Phi) is 4.30. The van der Waals surface area contributed by atoms with Crippen molar-refractivity contribution in [1.82, 2.24) is 0 Å². The summed E-state index contributed by atoms with van der Waals surface area (Å²) in [4.78, 5) is 27.0. The normalized spacial score (nSPS) is 16.0. The van der Waals surface area contributed by atoms with Gasteiger partial charge >= 0.3 is 11.9 Å². The van der Waals surface area contributed by atoms with Crippen molar-refractivity contribution in [1.29, 1.82) is 0 Å². The maximum Gasteiger partial charge on any atom is 0.363 e. The Bertz CT molecular complexity index is 584. The quantitative estimate of drug-likeness (QED) is 0.624. The second-order valence-corrected chi connectivity index (χ2v) is 4.31. The highest BCUT2D eigenvalue weighted by atomic mass is 16.6. The summed E-state index contributed by atoms with van der Waals surface area (Å²) in [6.45, 7) is 3.96. The lowest BCUT2D eigenvalue weighted by atomic mass is 10.1. The van der Waals surface area contributed by atoms with Crippen LogP contribution >= 0.6 is 0 Å². The van der Waals surface area contributed by atoms with Crippen molar-refractivity contribution in [3.8, 4) is 0 Å². The molecule has 0 saturated heterocycles. The van der Waals surface area contributed by atoms with E-state index in [1.54, 1.807) is 37.3 Å². The molecule has 1 aliphatic rings. The Morgan fingerprint density at radius 2 is 2.05 bits per heavy atom. The van der Waals surface area contributed by atoms with Gasteiger partial charge in [0.05, 0.1) is 12.2 Å². The van der Waals surface area contributed by atoms with Crippen LogP contribution in [0.3, 0.4) is 0 Å². The Hall–Kier alpha value is -2.43. The summed E-state index contributed by atoms with van der Waals surface area (Å²) >= 11 is 0. The molecular formula is C15H15NO4. The molecule has 0 bridgehead atoms. The highest BCUT2D eigenvalue weighted by molar-refractivity contribution is 6.06. The summed E-state index contributed by atoms with van der Waals surface area (Å²) in [6, 6.07) is 6.76. The van der Waals surface area contributed by atoms with Crippen molar-refractivity contribution in [3.05, 3.63) is 41.1 Å². The number of rotatable bonds is 4. The van der Waals surface area contributed by atoms with E-state index in [9.17, 15) is 9.59 Å². The van der Waals surface area contributed by atoms with Gasteiger partial charge in [-0.1, -0.05) is 19.1 Å². The number of nitrogens with zero attached hydrogens (tertiary/aromatic N) is 1. The van der Waals surface area contributed by atoms with Crippen molar-refractivity contribution in [2.45, 2.75) is 20.3 Å². The first-order valence-corrected chi connectivity index (χ1v) is 6.36. The Morgan fingerprint density at radius 3 is 2.60 bits per heavy atom. The van der Waals surface area contributed by atoms with Gasteiger partial charge in [-0.15, -0.1) is 0 Å². The summed E-state index contributed by atoms with van der Waals surface area (Å²) in [7, 11) is 0. The van der Waals surface area contributed by atoms with E-state index in [1.807, 2.05) is 6.92 Å². The number of carbonyl (C=O) groups is 2. The van der Waals surface area contributed by atoms with Crippen LogP contribution in [0.1, 0.15) is 36.2 Å². The molecule has 1 aliphatic heterocycles. The summed E-state index contributed by atoms with van der Waals surface area (Å²) in [5.74, 6) is -0.477. The zero-order valence-corrected chi connectivity index (χ0v) is 11.4. The summed E-state index contributed by atoms with van der Waals surface area (Å²) in [5, 5.41) is 0. The summed E-state index contributed by atoms with van der Waals surface area (Å²) in [5.41, 5.74) is 1.50. The topological polar surface area (TPSA) is 65.0 Å². The Balaban J connectivity index is 2.11. The van der Waals surface area contributed by atoms with Gasteiger partial charge in [0.2, 0.25) is 0 Å². The molecule has 0 spiro atoms. The molecule has 0 fully saturated rings. The summed E-state index contributed by atoms with van der Waals surface area (Å²) < 4.78 is 9.85. The molecule has 20 heavy (non-hydrogen) atoms. The van der Waals surface area contributed by atoms with Gasteiger partial charge in [0.1, 0.15) is 0 Å². The van der Waals surface area contributed by atoms with E-state index in [4.69, 9.17) is 9.47 Å². The third-order valence-corrected chi connectivity index (χ3v) is 2.61. The SMILES string of the molecule is CCCOC(=O)c1ccc(/C=C2\N=C(C)OC2=O)cc1. The fraction of sp³-hybridized carbons (Fsp3) is 0.267. The van der Waals surface area contributed by atoms with Crippen LogP contribution < -0.4 is 0 Å². The van der Waals surface area contributed by atoms with Crippen LogP contribution in [-0.4, -0.2) is 24.4 Å². The molecule has 0 saturated carbocycles. The Morgan fingerprint density at radius 1 is 1.35 bits per heavy atom. The zero-order valence-electron chi connectivity index (χ0n) is 11.4. The molecule has 1 aromatic carbocycles. The highest BCUT2D eigenvalue weighted by Crippen LogP contribution is 2.16. The largest absolute Gasteiger partial charge is 0.462 e. The molecule has 0 unspecified atom stereocenters. The van der Waals surface area contributed by atoms with E-state index in [2.05, 4.69) is 4.99 Å². The molecule has 0 aliphatic carbocycles. The predicted molar refractivity (Wildman–Crippen MR) is 74.2 cm³/mol. The van der Waals surface area contributed by atoms with Crippen LogP contribution in [0.2, 0.25) is 0 Å². The molecule has 0 radical (unpaired) electrons. The molecular weight excluding hydrogens is 258 g/mol. The first-order chi connectivity index (χ1) is 9.60. The fourth-order valence-electron chi connectivity index (χ4n) is 1.67. The number of carbonyl (C=O) groups excluding carboxylic acids is 2. The molecule has 5 heteroatoms. The van der Waals surface area contributed by atoms with Crippen molar-refractivity contribution in [3.63, 3.8) is 0 Å². The van der Waals surface area contributed by atoms with Crippen LogP contribution in [-0.2, 0) is 14.3 Å². The maximum absolute atomic E-state index is 11.6. The molecule has 5 nitrogen and oxygen atoms in total. The number of esters is 2. The minimum absolute atomic E-state index is 0.254. The lowest BCUT2D eigenvalue weighted by molar-refractivity contribution is -0.130. The number of aliphatic imine (C=N–C) groups is 1. The summed E-state index contributed by atoms with van der Waals surface area (Å²) in [6.07, 6.45) is 2.40. The number of hydrogen-bond donors (Lipinski definition) is 0. The Labute approximate surface area is 116 Å².